The molecule has 2 aromatic carbocycles. The van der Waals surface area contributed by atoms with Crippen LogP contribution < -0.4 is 11.2 Å². The van der Waals surface area contributed by atoms with Gasteiger partial charge in [-0.2, -0.15) is 0 Å². The second-order valence-corrected chi connectivity index (χ2v) is 7.54. The lowest BCUT2D eigenvalue weighted by Crippen LogP contribution is -2.20. The van der Waals surface area contributed by atoms with E-state index in [0.717, 1.165) is 11.1 Å². The first-order valence-corrected chi connectivity index (χ1v) is 9.94. The van der Waals surface area contributed by atoms with Crippen molar-refractivity contribution in [3.05, 3.63) is 84.1 Å². The monoisotopic (exact) mass is 423 g/mol. The molecule has 7 nitrogen and oxygen atoms in total. The molecule has 1 atom stereocenters. The van der Waals surface area contributed by atoms with Crippen molar-refractivity contribution in [2.24, 2.45) is 0 Å². The van der Waals surface area contributed by atoms with E-state index in [2.05, 4.69) is 15.5 Å². The highest BCUT2D eigenvalue weighted by Crippen LogP contribution is 2.36. The number of thioether (sulfide) groups is 1. The summed E-state index contributed by atoms with van der Waals surface area (Å²) in [7, 11) is 0. The minimum Gasteiger partial charge on any atom is -0.469 e. The molecule has 0 aliphatic heterocycles. The van der Waals surface area contributed by atoms with E-state index in [-0.39, 0.29) is 11.7 Å². The second kappa shape index (κ2) is 8.42. The fourth-order valence-electron chi connectivity index (χ4n) is 2.91. The minimum absolute atomic E-state index is 0.290. The van der Waals surface area contributed by atoms with Gasteiger partial charge in [0.2, 0.25) is 11.1 Å². The van der Waals surface area contributed by atoms with Gasteiger partial charge < -0.3 is 15.6 Å². The van der Waals surface area contributed by atoms with E-state index in [1.54, 1.807) is 19.3 Å². The van der Waals surface area contributed by atoms with Crippen LogP contribution >= 0.6 is 11.8 Å². The van der Waals surface area contributed by atoms with Gasteiger partial charge in [-0.15, -0.1) is 10.2 Å². The van der Waals surface area contributed by atoms with Crippen LogP contribution in [0.15, 0.2) is 76.5 Å². The van der Waals surface area contributed by atoms with Crippen LogP contribution in [0.25, 0.3) is 11.4 Å². The van der Waals surface area contributed by atoms with Crippen molar-refractivity contribution in [2.75, 3.05) is 11.2 Å². The summed E-state index contributed by atoms with van der Waals surface area (Å²) < 4.78 is 19.8. The number of benzene rings is 2. The molecule has 1 amide bonds. The molecule has 152 valence electrons. The van der Waals surface area contributed by atoms with Gasteiger partial charge in [0.15, 0.2) is 5.82 Å². The third-order valence-corrected chi connectivity index (χ3v) is 5.65. The van der Waals surface area contributed by atoms with Crippen LogP contribution in [-0.2, 0) is 4.79 Å². The summed E-state index contributed by atoms with van der Waals surface area (Å²) >= 11 is 1.17. The SMILES string of the molecule is Cc1occc1-c1nnc(SC(C(=O)Nc2ccc(F)cc2)c2ccccc2)n1N. The van der Waals surface area contributed by atoms with E-state index in [1.165, 1.54) is 40.7 Å². The number of hydrogen-bond donors (Lipinski definition) is 2. The smallest absolute Gasteiger partial charge is 0.242 e. The number of nitrogens with zero attached hydrogens (tertiary/aromatic N) is 3. The largest absolute Gasteiger partial charge is 0.469 e. The molecule has 0 saturated carbocycles. The molecule has 2 aromatic heterocycles. The maximum atomic E-state index is 13.2. The van der Waals surface area contributed by atoms with Gasteiger partial charge in [0.05, 0.1) is 11.8 Å². The van der Waals surface area contributed by atoms with E-state index >= 15 is 0 Å². The molecule has 0 spiro atoms. The number of carbonyl (C=O) groups excluding carboxylic acids is 1. The Morgan fingerprint density at radius 3 is 2.53 bits per heavy atom. The average Bonchev–Trinajstić information content (AvgIpc) is 3.33. The number of rotatable bonds is 6. The number of nitrogens with one attached hydrogen (secondary N) is 1. The molecule has 4 rings (SSSR count). The number of furan rings is 1. The molecule has 0 saturated heterocycles. The number of hydrogen-bond acceptors (Lipinski definition) is 6. The summed E-state index contributed by atoms with van der Waals surface area (Å²) in [5.74, 6) is 6.66. The molecule has 2 heterocycles. The first-order valence-electron chi connectivity index (χ1n) is 9.06. The molecule has 0 fully saturated rings. The number of anilines is 1. The average molecular weight is 423 g/mol. The Morgan fingerprint density at radius 1 is 1.13 bits per heavy atom. The van der Waals surface area contributed by atoms with E-state index in [4.69, 9.17) is 10.3 Å². The summed E-state index contributed by atoms with van der Waals surface area (Å²) in [6, 6.07) is 16.6. The molecule has 0 aliphatic rings. The Bertz CT molecular complexity index is 1160. The van der Waals surface area contributed by atoms with Gasteiger partial charge in [0.1, 0.15) is 16.8 Å². The first kappa shape index (κ1) is 19.7. The Kier molecular flexibility index (Phi) is 5.53. The number of halogens is 1. The highest BCUT2D eigenvalue weighted by atomic mass is 32.2. The maximum Gasteiger partial charge on any atom is 0.242 e. The van der Waals surface area contributed by atoms with Crippen LogP contribution in [-0.4, -0.2) is 20.8 Å². The van der Waals surface area contributed by atoms with Gasteiger partial charge in [0, 0.05) is 5.69 Å². The van der Waals surface area contributed by atoms with Crippen LogP contribution in [0.1, 0.15) is 16.6 Å². The Hall–Kier alpha value is -3.59. The van der Waals surface area contributed by atoms with Gasteiger partial charge in [-0.05, 0) is 42.8 Å². The lowest BCUT2D eigenvalue weighted by molar-refractivity contribution is -0.115. The first-order chi connectivity index (χ1) is 14.5. The molecule has 0 radical (unpaired) electrons. The standard InChI is InChI=1S/C21H18FN5O2S/c1-13-17(11-12-29-13)19-25-26-21(27(19)23)30-18(14-5-3-2-4-6-14)20(28)24-16-9-7-15(22)8-10-16/h2-12,18H,23H2,1H3,(H,24,28). The van der Waals surface area contributed by atoms with Crippen molar-refractivity contribution >= 4 is 23.4 Å². The number of aryl methyl sites for hydroxylation is 1. The molecule has 0 bridgehead atoms. The zero-order chi connectivity index (χ0) is 21.1. The van der Waals surface area contributed by atoms with Crippen molar-refractivity contribution in [1.29, 1.82) is 0 Å². The van der Waals surface area contributed by atoms with Gasteiger partial charge >= 0.3 is 0 Å². The number of aromatic nitrogens is 3. The minimum atomic E-state index is -0.652. The van der Waals surface area contributed by atoms with Gasteiger partial charge in [-0.25, -0.2) is 9.07 Å². The normalized spacial score (nSPS) is 11.9. The van der Waals surface area contributed by atoms with Crippen LogP contribution in [0.4, 0.5) is 10.1 Å². The third kappa shape index (κ3) is 4.06. The molecule has 3 N–H and O–H groups in total. The van der Waals surface area contributed by atoms with Gasteiger partial charge in [0.25, 0.3) is 0 Å². The molecule has 30 heavy (non-hydrogen) atoms. The summed E-state index contributed by atoms with van der Waals surface area (Å²) in [4.78, 5) is 13.1. The predicted octanol–water partition coefficient (Wildman–Crippen LogP) is 4.17. The van der Waals surface area contributed by atoms with E-state index in [9.17, 15) is 9.18 Å². The van der Waals surface area contributed by atoms with Crippen LogP contribution in [0.5, 0.6) is 0 Å². The molecule has 4 aromatic rings. The number of amides is 1. The Morgan fingerprint density at radius 2 is 1.87 bits per heavy atom. The van der Waals surface area contributed by atoms with Crippen molar-refractivity contribution in [2.45, 2.75) is 17.3 Å². The van der Waals surface area contributed by atoms with Crippen molar-refractivity contribution < 1.29 is 13.6 Å². The maximum absolute atomic E-state index is 13.2. The summed E-state index contributed by atoms with van der Waals surface area (Å²) in [5.41, 5.74) is 1.99. The number of nitrogens with two attached hydrogens (primary N) is 1. The third-order valence-electron chi connectivity index (χ3n) is 4.44. The predicted molar refractivity (Wildman–Crippen MR) is 113 cm³/mol. The highest BCUT2D eigenvalue weighted by molar-refractivity contribution is 8.00. The number of nitrogen functional groups attached to an aromatic ring is 1. The molecule has 0 aliphatic carbocycles. The van der Waals surface area contributed by atoms with E-state index in [0.29, 0.717) is 22.4 Å². The summed E-state index contributed by atoms with van der Waals surface area (Å²) in [6.45, 7) is 1.81. The van der Waals surface area contributed by atoms with Crippen molar-refractivity contribution in [1.82, 2.24) is 14.9 Å². The highest BCUT2D eigenvalue weighted by Gasteiger charge is 2.26. The second-order valence-electron chi connectivity index (χ2n) is 6.47. The van der Waals surface area contributed by atoms with Crippen molar-refractivity contribution in [3.8, 4) is 11.4 Å². The fraction of sp³-hybridized carbons (Fsp3) is 0.0952. The zero-order valence-electron chi connectivity index (χ0n) is 15.9. The molecule has 9 heteroatoms. The molecular weight excluding hydrogens is 405 g/mol. The molecule has 1 unspecified atom stereocenters. The van der Waals surface area contributed by atoms with Gasteiger partial charge in [-0.3, -0.25) is 4.79 Å². The number of carbonyl (C=O) groups is 1. The van der Waals surface area contributed by atoms with Crippen LogP contribution in [0.3, 0.4) is 0 Å². The summed E-state index contributed by atoms with van der Waals surface area (Å²) in [5, 5.41) is 10.8. The van der Waals surface area contributed by atoms with Crippen LogP contribution in [0.2, 0.25) is 0 Å². The van der Waals surface area contributed by atoms with Crippen LogP contribution in [0, 0.1) is 12.7 Å². The lowest BCUT2D eigenvalue weighted by Gasteiger charge is -2.16. The van der Waals surface area contributed by atoms with Crippen molar-refractivity contribution in [3.63, 3.8) is 0 Å². The van der Waals surface area contributed by atoms with E-state index < -0.39 is 5.25 Å². The van der Waals surface area contributed by atoms with Gasteiger partial charge in [-0.1, -0.05) is 42.1 Å². The summed E-state index contributed by atoms with van der Waals surface area (Å²) in [6.07, 6.45) is 1.55. The van der Waals surface area contributed by atoms with E-state index in [1.807, 2.05) is 30.3 Å². The lowest BCUT2D eigenvalue weighted by atomic mass is 10.1. The zero-order valence-corrected chi connectivity index (χ0v) is 16.8. The topological polar surface area (TPSA) is 99.0 Å². The molecular formula is C21H18FN5O2S. The Labute approximate surface area is 176 Å². The fourth-order valence-corrected chi connectivity index (χ4v) is 3.86. The Balaban J connectivity index is 1.63. The quantitative estimate of drug-likeness (QED) is 0.357.